The van der Waals surface area contributed by atoms with Crippen LogP contribution in [0.25, 0.3) is 5.69 Å². The average Bonchev–Trinajstić information content (AvgIpc) is 3.22. The molecule has 1 aromatic heterocycles. The lowest BCUT2D eigenvalue weighted by molar-refractivity contribution is -0.0104. The summed E-state index contributed by atoms with van der Waals surface area (Å²) in [6, 6.07) is 8.87. The molecule has 1 unspecified atom stereocenters. The highest BCUT2D eigenvalue weighted by Gasteiger charge is 2.37. The summed E-state index contributed by atoms with van der Waals surface area (Å²) < 4.78 is 8.22. The van der Waals surface area contributed by atoms with Crippen molar-refractivity contribution < 1.29 is 14.6 Å². The zero-order chi connectivity index (χ0) is 27.6. The summed E-state index contributed by atoms with van der Waals surface area (Å²) in [5, 5.41) is 21.9. The highest BCUT2D eigenvalue weighted by Crippen LogP contribution is 2.35. The third-order valence-corrected chi connectivity index (χ3v) is 8.47. The number of aromatic nitrogens is 2. The van der Waals surface area contributed by atoms with Crippen LogP contribution in [0.5, 0.6) is 5.88 Å². The molecule has 0 spiro atoms. The fourth-order valence-electron chi connectivity index (χ4n) is 5.80. The summed E-state index contributed by atoms with van der Waals surface area (Å²) in [5.41, 5.74) is 2.24. The topological polar surface area (TPSA) is 91.7 Å². The molecule has 1 aromatic carbocycles. The summed E-state index contributed by atoms with van der Waals surface area (Å²) in [6.45, 7) is 13.4. The molecule has 0 saturated carbocycles. The highest BCUT2D eigenvalue weighted by atomic mass is 16.5. The van der Waals surface area contributed by atoms with E-state index in [2.05, 4.69) is 36.0 Å². The maximum absolute atomic E-state index is 13.4. The van der Waals surface area contributed by atoms with Gasteiger partial charge in [0.25, 0.3) is 0 Å². The van der Waals surface area contributed by atoms with Gasteiger partial charge in [-0.2, -0.15) is 0 Å². The fourth-order valence-corrected chi connectivity index (χ4v) is 5.80. The number of hydrogen-bond donors (Lipinski definition) is 3. The SMILES string of the molecule is C=C1/C=C\C=C/C[C@@H](NC(=O)Nc2c(C)c(OC3CN4CCC3CC4)nn2-c2ccccc2)[C@H](O)CC1(C)C. The van der Waals surface area contributed by atoms with E-state index in [9.17, 15) is 9.90 Å². The number of hydrogen-bond acceptors (Lipinski definition) is 5. The van der Waals surface area contributed by atoms with Gasteiger partial charge >= 0.3 is 6.03 Å². The van der Waals surface area contributed by atoms with Crippen molar-refractivity contribution in [1.82, 2.24) is 20.0 Å². The molecule has 2 amide bonds. The number of anilines is 1. The van der Waals surface area contributed by atoms with Crippen LogP contribution in [-0.2, 0) is 0 Å². The number of fused-ring (bicyclic) bond motifs is 3. The fraction of sp³-hybridized carbons (Fsp3) is 0.484. The molecule has 3 saturated heterocycles. The van der Waals surface area contributed by atoms with Gasteiger partial charge in [-0.25, -0.2) is 9.48 Å². The number of nitrogens with one attached hydrogen (secondary N) is 2. The van der Waals surface area contributed by atoms with Gasteiger partial charge in [0, 0.05) is 6.54 Å². The van der Waals surface area contributed by atoms with Crippen LogP contribution in [0.1, 0.15) is 45.1 Å². The Morgan fingerprint density at radius 2 is 1.92 bits per heavy atom. The minimum Gasteiger partial charge on any atom is -0.471 e. The van der Waals surface area contributed by atoms with Gasteiger partial charge in [0.15, 0.2) is 0 Å². The van der Waals surface area contributed by atoms with Gasteiger partial charge in [-0.15, -0.1) is 5.10 Å². The molecular weight excluding hydrogens is 490 g/mol. The van der Waals surface area contributed by atoms with Gasteiger partial charge in [0.05, 0.1) is 23.4 Å². The zero-order valence-corrected chi connectivity index (χ0v) is 23.3. The quantitative estimate of drug-likeness (QED) is 0.506. The van der Waals surface area contributed by atoms with E-state index in [0.717, 1.165) is 49.3 Å². The number of benzene rings is 1. The lowest BCUT2D eigenvalue weighted by Crippen LogP contribution is -2.52. The molecule has 1 aliphatic carbocycles. The van der Waals surface area contributed by atoms with Gasteiger partial charge in [-0.1, -0.05) is 62.9 Å². The number of piperidine rings is 3. The molecular formula is C31H41N5O3. The first-order valence-corrected chi connectivity index (χ1v) is 14.0. The molecule has 3 aliphatic heterocycles. The minimum absolute atomic E-state index is 0.101. The molecule has 0 radical (unpaired) electrons. The summed E-state index contributed by atoms with van der Waals surface area (Å²) in [6.07, 6.45) is 10.5. The summed E-state index contributed by atoms with van der Waals surface area (Å²) >= 11 is 0. The lowest BCUT2D eigenvalue weighted by atomic mass is 9.78. The monoisotopic (exact) mass is 531 g/mol. The van der Waals surface area contributed by atoms with Gasteiger partial charge < -0.3 is 15.2 Å². The third kappa shape index (κ3) is 6.12. The Bertz CT molecular complexity index is 1240. The third-order valence-electron chi connectivity index (χ3n) is 8.47. The molecule has 4 aliphatic rings. The predicted molar refractivity (Wildman–Crippen MR) is 154 cm³/mol. The second-order valence-electron chi connectivity index (χ2n) is 11.7. The first-order chi connectivity index (χ1) is 18.7. The molecule has 208 valence electrons. The van der Waals surface area contributed by atoms with Crippen molar-refractivity contribution in [2.24, 2.45) is 11.3 Å². The van der Waals surface area contributed by atoms with Crippen molar-refractivity contribution in [3.63, 3.8) is 0 Å². The van der Waals surface area contributed by atoms with Crippen LogP contribution >= 0.6 is 0 Å². The van der Waals surface area contributed by atoms with Crippen LogP contribution in [0.2, 0.25) is 0 Å². The van der Waals surface area contributed by atoms with E-state index in [1.165, 1.54) is 0 Å². The molecule has 3 atom stereocenters. The van der Waals surface area contributed by atoms with Crippen molar-refractivity contribution in [3.05, 3.63) is 72.4 Å². The standard InChI is InChI=1S/C31H41N5O3/c1-21-11-7-5-10-14-25(26(37)19-31(21,3)4)32-30(38)33-28-22(2)29(34-36(28)24-12-8-6-9-13-24)39-27-20-35-17-15-23(27)16-18-35/h5-13,23,25-27,37H,1,14-20H2,2-4H3,(H2,32,33,38)/b10-5-,11-7-/t25-,26-,27?/m1/s1. The molecule has 3 fully saturated rings. The van der Waals surface area contributed by atoms with Crippen LogP contribution in [0.4, 0.5) is 10.6 Å². The molecule has 8 heteroatoms. The highest BCUT2D eigenvalue weighted by molar-refractivity contribution is 5.90. The van der Waals surface area contributed by atoms with Crippen LogP contribution in [0.15, 0.2) is 66.8 Å². The zero-order valence-electron chi connectivity index (χ0n) is 23.3. The molecule has 3 N–H and O–H groups in total. The Kier molecular flexibility index (Phi) is 7.96. The molecule has 2 bridgehead atoms. The van der Waals surface area contributed by atoms with Crippen LogP contribution in [-0.4, -0.2) is 63.7 Å². The largest absolute Gasteiger partial charge is 0.471 e. The van der Waals surface area contributed by atoms with E-state index in [1.807, 2.05) is 61.6 Å². The molecule has 6 rings (SSSR count). The number of carbonyl (C=O) groups excluding carboxylic acids is 1. The molecule has 39 heavy (non-hydrogen) atoms. The smallest absolute Gasteiger partial charge is 0.320 e. The number of carbonyl (C=O) groups is 1. The van der Waals surface area contributed by atoms with E-state index in [4.69, 9.17) is 9.84 Å². The number of ether oxygens (including phenoxy) is 1. The van der Waals surface area contributed by atoms with E-state index in [-0.39, 0.29) is 11.5 Å². The van der Waals surface area contributed by atoms with Crippen LogP contribution < -0.4 is 15.4 Å². The Labute approximate surface area is 231 Å². The Balaban J connectivity index is 1.36. The average molecular weight is 532 g/mol. The number of rotatable bonds is 5. The van der Waals surface area contributed by atoms with Crippen molar-refractivity contribution in [1.29, 1.82) is 0 Å². The lowest BCUT2D eigenvalue weighted by Gasteiger charge is -2.44. The number of amides is 2. The number of para-hydroxylation sites is 1. The van der Waals surface area contributed by atoms with E-state index in [0.29, 0.717) is 30.5 Å². The number of urea groups is 1. The summed E-state index contributed by atoms with van der Waals surface area (Å²) in [7, 11) is 0. The summed E-state index contributed by atoms with van der Waals surface area (Å²) in [4.78, 5) is 15.8. The van der Waals surface area contributed by atoms with Gasteiger partial charge in [0.2, 0.25) is 5.88 Å². The van der Waals surface area contributed by atoms with Crippen molar-refractivity contribution >= 4 is 11.8 Å². The maximum Gasteiger partial charge on any atom is 0.320 e. The second-order valence-corrected chi connectivity index (χ2v) is 11.7. The van der Waals surface area contributed by atoms with Crippen molar-refractivity contribution in [3.8, 4) is 11.6 Å². The van der Waals surface area contributed by atoms with E-state index >= 15 is 0 Å². The maximum atomic E-state index is 13.4. The second kappa shape index (κ2) is 11.4. The molecule has 8 nitrogen and oxygen atoms in total. The van der Waals surface area contributed by atoms with Crippen molar-refractivity contribution in [2.45, 2.75) is 64.7 Å². The first-order valence-electron chi connectivity index (χ1n) is 14.0. The minimum atomic E-state index is -0.741. The Morgan fingerprint density at radius 3 is 2.62 bits per heavy atom. The Morgan fingerprint density at radius 1 is 1.18 bits per heavy atom. The van der Waals surface area contributed by atoms with Gasteiger partial charge in [0.1, 0.15) is 11.9 Å². The normalized spacial score (nSPS) is 29.8. The van der Waals surface area contributed by atoms with Crippen molar-refractivity contribution in [2.75, 3.05) is 25.0 Å². The number of aliphatic hydroxyl groups excluding tert-OH is 1. The predicted octanol–water partition coefficient (Wildman–Crippen LogP) is 4.99. The number of aliphatic hydroxyl groups is 1. The van der Waals surface area contributed by atoms with Gasteiger partial charge in [-0.3, -0.25) is 10.2 Å². The van der Waals surface area contributed by atoms with Crippen LogP contribution in [0.3, 0.4) is 0 Å². The molecule has 4 heterocycles. The van der Waals surface area contributed by atoms with Crippen LogP contribution in [0, 0.1) is 18.3 Å². The number of allylic oxidation sites excluding steroid dienone is 4. The Hall–Kier alpha value is -3.36. The van der Waals surface area contributed by atoms with E-state index < -0.39 is 18.2 Å². The first kappa shape index (κ1) is 27.2. The van der Waals surface area contributed by atoms with Gasteiger partial charge in [-0.05, 0) is 74.7 Å². The summed E-state index contributed by atoms with van der Waals surface area (Å²) in [5.74, 6) is 1.63. The molecule has 2 aromatic rings. The number of nitrogens with zero attached hydrogens (tertiary/aromatic N) is 3. The van der Waals surface area contributed by atoms with E-state index in [1.54, 1.807) is 4.68 Å².